The van der Waals surface area contributed by atoms with Crippen LogP contribution >= 0.6 is 0 Å². The lowest BCUT2D eigenvalue weighted by Gasteiger charge is -2.52. The Bertz CT molecular complexity index is 478. The molecule has 3 atom stereocenters. The Labute approximate surface area is 135 Å². The third kappa shape index (κ3) is 1.97. The van der Waals surface area contributed by atoms with Crippen LogP contribution in [0, 0.1) is 16.7 Å². The van der Waals surface area contributed by atoms with E-state index in [1.807, 2.05) is 0 Å². The third-order valence-corrected chi connectivity index (χ3v) is 7.37. The summed E-state index contributed by atoms with van der Waals surface area (Å²) in [5.74, 6) is 0.699. The highest BCUT2D eigenvalue weighted by molar-refractivity contribution is 5.93. The van der Waals surface area contributed by atoms with E-state index in [9.17, 15) is 4.79 Å². The van der Waals surface area contributed by atoms with Crippen molar-refractivity contribution in [3.8, 4) is 0 Å². The summed E-state index contributed by atoms with van der Waals surface area (Å²) in [7, 11) is 0. The molecule has 0 aromatic heterocycles. The fraction of sp³-hybridized carbons (Fsp3) is 0.947. The number of carbonyl (C=O) groups excluding carboxylic acids is 1. The third-order valence-electron chi connectivity index (χ3n) is 7.37. The SMILES string of the molecule is CC1(C)CCCC(C)(C)N1OC1C(=O)[C@]2(C)CC[C@H]1C2(C)C. The predicted octanol–water partition coefficient (Wildman–Crippen LogP) is 4.35. The molecule has 0 radical (unpaired) electrons. The van der Waals surface area contributed by atoms with Crippen LogP contribution in [0.15, 0.2) is 0 Å². The first-order valence-corrected chi connectivity index (χ1v) is 8.95. The van der Waals surface area contributed by atoms with E-state index in [4.69, 9.17) is 4.84 Å². The van der Waals surface area contributed by atoms with E-state index < -0.39 is 0 Å². The Morgan fingerprint density at radius 3 is 1.95 bits per heavy atom. The normalized spacial score (nSPS) is 42.8. The highest BCUT2D eigenvalue weighted by Gasteiger charge is 2.67. The highest BCUT2D eigenvalue weighted by atomic mass is 16.7. The van der Waals surface area contributed by atoms with Gasteiger partial charge >= 0.3 is 0 Å². The molecule has 3 heteroatoms. The molecule has 3 nitrogen and oxygen atoms in total. The van der Waals surface area contributed by atoms with Crippen LogP contribution in [-0.4, -0.2) is 28.0 Å². The summed E-state index contributed by atoms with van der Waals surface area (Å²) in [6.07, 6.45) is 5.38. The minimum Gasteiger partial charge on any atom is -0.296 e. The molecule has 3 rings (SSSR count). The quantitative estimate of drug-likeness (QED) is 0.759. The minimum atomic E-state index is -0.245. The lowest BCUT2D eigenvalue weighted by Crippen LogP contribution is -2.60. The molecule has 1 unspecified atom stereocenters. The summed E-state index contributed by atoms with van der Waals surface area (Å²) >= 11 is 0. The molecule has 0 aromatic carbocycles. The van der Waals surface area contributed by atoms with Gasteiger partial charge in [-0.1, -0.05) is 20.8 Å². The first-order chi connectivity index (χ1) is 9.93. The summed E-state index contributed by atoms with van der Waals surface area (Å²) in [5, 5.41) is 2.17. The molecule has 3 aliphatic rings. The zero-order valence-corrected chi connectivity index (χ0v) is 15.5. The molecule has 1 saturated heterocycles. The largest absolute Gasteiger partial charge is 0.296 e. The monoisotopic (exact) mass is 307 g/mol. The second-order valence-corrected chi connectivity index (χ2v) is 9.86. The van der Waals surface area contributed by atoms with E-state index >= 15 is 0 Å². The Hall–Kier alpha value is -0.410. The fourth-order valence-corrected chi connectivity index (χ4v) is 5.50. The lowest BCUT2D eigenvalue weighted by molar-refractivity contribution is -0.305. The van der Waals surface area contributed by atoms with Gasteiger partial charge in [0, 0.05) is 22.4 Å². The first kappa shape index (κ1) is 16.4. The number of ketones is 1. The second kappa shape index (κ2) is 4.57. The average Bonchev–Trinajstić information content (AvgIpc) is 2.67. The Morgan fingerprint density at radius 1 is 0.955 bits per heavy atom. The smallest absolute Gasteiger partial charge is 0.170 e. The number of rotatable bonds is 2. The van der Waals surface area contributed by atoms with E-state index in [-0.39, 0.29) is 28.0 Å². The first-order valence-electron chi connectivity index (χ1n) is 8.95. The van der Waals surface area contributed by atoms with Crippen LogP contribution in [0.2, 0.25) is 0 Å². The van der Waals surface area contributed by atoms with Gasteiger partial charge in [-0.15, -0.1) is 0 Å². The van der Waals surface area contributed by atoms with Crippen LogP contribution in [0.3, 0.4) is 0 Å². The van der Waals surface area contributed by atoms with Gasteiger partial charge in [-0.25, -0.2) is 0 Å². The maximum absolute atomic E-state index is 13.0. The van der Waals surface area contributed by atoms with Crippen molar-refractivity contribution < 1.29 is 9.63 Å². The molecule has 0 N–H and O–H groups in total. The molecule has 0 spiro atoms. The van der Waals surface area contributed by atoms with Crippen molar-refractivity contribution in [2.45, 2.75) is 97.8 Å². The molecular weight excluding hydrogens is 274 g/mol. The number of carbonyl (C=O) groups is 1. The van der Waals surface area contributed by atoms with Crippen molar-refractivity contribution in [3.63, 3.8) is 0 Å². The molecule has 22 heavy (non-hydrogen) atoms. The minimum absolute atomic E-state index is 0.00505. The Balaban J connectivity index is 1.89. The van der Waals surface area contributed by atoms with Gasteiger partial charge in [-0.3, -0.25) is 9.63 Å². The summed E-state index contributed by atoms with van der Waals surface area (Å²) in [4.78, 5) is 19.6. The summed E-state index contributed by atoms with van der Waals surface area (Å²) in [6.45, 7) is 15.7. The molecule has 1 aliphatic heterocycles. The zero-order valence-electron chi connectivity index (χ0n) is 15.5. The Morgan fingerprint density at radius 2 is 1.50 bits per heavy atom. The summed E-state index contributed by atoms with van der Waals surface area (Å²) < 4.78 is 0. The number of hydroxylamine groups is 2. The number of hydrogen-bond donors (Lipinski definition) is 0. The summed E-state index contributed by atoms with van der Waals surface area (Å²) in [6, 6.07) is 0. The molecule has 126 valence electrons. The lowest BCUT2D eigenvalue weighted by atomic mass is 9.70. The van der Waals surface area contributed by atoms with E-state index in [2.05, 4.69) is 53.5 Å². The molecule has 3 fully saturated rings. The van der Waals surface area contributed by atoms with Crippen LogP contribution < -0.4 is 0 Å². The maximum atomic E-state index is 13.0. The van der Waals surface area contributed by atoms with Gasteiger partial charge in [0.05, 0.1) is 0 Å². The van der Waals surface area contributed by atoms with Crippen molar-refractivity contribution >= 4 is 5.78 Å². The van der Waals surface area contributed by atoms with E-state index in [1.54, 1.807) is 0 Å². The number of fused-ring (bicyclic) bond motifs is 2. The average molecular weight is 307 g/mol. The van der Waals surface area contributed by atoms with Crippen molar-refractivity contribution in [3.05, 3.63) is 0 Å². The van der Waals surface area contributed by atoms with Gasteiger partial charge in [0.25, 0.3) is 0 Å². The van der Waals surface area contributed by atoms with Gasteiger partial charge in [0.1, 0.15) is 6.10 Å². The number of nitrogens with zero attached hydrogens (tertiary/aromatic N) is 1. The molecule has 1 heterocycles. The van der Waals surface area contributed by atoms with Crippen LogP contribution in [0.1, 0.15) is 80.6 Å². The van der Waals surface area contributed by atoms with Gasteiger partial charge in [-0.2, -0.15) is 5.06 Å². The number of Topliss-reactive ketones (excluding diaryl/α,β-unsaturated/α-hetero) is 1. The van der Waals surface area contributed by atoms with E-state index in [0.29, 0.717) is 11.7 Å². The van der Waals surface area contributed by atoms with Crippen molar-refractivity contribution in [1.29, 1.82) is 0 Å². The van der Waals surface area contributed by atoms with Crippen molar-refractivity contribution in [2.24, 2.45) is 16.7 Å². The van der Waals surface area contributed by atoms with Gasteiger partial charge in [-0.05, 0) is 65.2 Å². The molecule has 2 saturated carbocycles. The Kier molecular flexibility index (Phi) is 3.42. The standard InChI is InChI=1S/C19H33NO2/c1-16(2)10-8-11-17(3,4)20(16)22-14-13-9-12-19(7,15(14)21)18(13,5)6/h13-14H,8-12H2,1-7H3/t13-,14?,19+/m1/s1. The van der Waals surface area contributed by atoms with Crippen molar-refractivity contribution in [2.75, 3.05) is 0 Å². The van der Waals surface area contributed by atoms with Crippen LogP contribution in [0.25, 0.3) is 0 Å². The maximum Gasteiger partial charge on any atom is 0.170 e. The highest BCUT2D eigenvalue weighted by Crippen LogP contribution is 2.64. The zero-order chi connectivity index (χ0) is 16.6. The van der Waals surface area contributed by atoms with Crippen LogP contribution in [0.4, 0.5) is 0 Å². The van der Waals surface area contributed by atoms with Gasteiger partial charge < -0.3 is 0 Å². The van der Waals surface area contributed by atoms with Gasteiger partial charge in [0.2, 0.25) is 0 Å². The molecule has 2 bridgehead atoms. The van der Waals surface area contributed by atoms with Crippen LogP contribution in [-0.2, 0) is 9.63 Å². The predicted molar refractivity (Wildman–Crippen MR) is 88.3 cm³/mol. The second-order valence-electron chi connectivity index (χ2n) is 9.86. The number of hydrogen-bond acceptors (Lipinski definition) is 3. The van der Waals surface area contributed by atoms with E-state index in [1.165, 1.54) is 6.42 Å². The number of piperidine rings is 1. The van der Waals surface area contributed by atoms with E-state index in [0.717, 1.165) is 25.7 Å². The van der Waals surface area contributed by atoms with Crippen molar-refractivity contribution in [1.82, 2.24) is 5.06 Å². The summed E-state index contributed by atoms with van der Waals surface area (Å²) in [5.41, 5.74) is -0.158. The molecular formula is C19H33NO2. The topological polar surface area (TPSA) is 29.5 Å². The van der Waals surface area contributed by atoms with Crippen LogP contribution in [0.5, 0.6) is 0 Å². The molecule has 0 aromatic rings. The fourth-order valence-electron chi connectivity index (χ4n) is 5.50. The molecule has 0 amide bonds. The molecule has 2 aliphatic carbocycles. The van der Waals surface area contributed by atoms with Gasteiger partial charge in [0.15, 0.2) is 5.78 Å².